The Kier molecular flexibility index (Phi) is 12.9. The first-order valence-corrected chi connectivity index (χ1v) is 16.2. The van der Waals surface area contributed by atoms with E-state index >= 15 is 0 Å². The lowest BCUT2D eigenvalue weighted by Crippen LogP contribution is -2.28. The fraction of sp³-hybridized carbons (Fsp3) is 0.235. The molecule has 10 heteroatoms. The molecular formula is C34H38F3N3O2S2. The van der Waals surface area contributed by atoms with E-state index in [1.54, 1.807) is 18.4 Å². The zero-order valence-electron chi connectivity index (χ0n) is 24.9. The average Bonchev–Trinajstić information content (AvgIpc) is 3.01. The zero-order chi connectivity index (χ0) is 32.3. The summed E-state index contributed by atoms with van der Waals surface area (Å²) in [6.45, 7) is 4.42. The number of phenolic OH excluding ortho intramolecular Hbond substituents is 1. The van der Waals surface area contributed by atoms with Crippen LogP contribution in [0.25, 0.3) is 11.1 Å². The minimum absolute atomic E-state index is 0.0729. The van der Waals surface area contributed by atoms with Crippen LogP contribution >= 0.6 is 23.3 Å². The molecule has 2 amide bonds. The molecule has 4 aromatic rings. The van der Waals surface area contributed by atoms with Gasteiger partial charge in [-0.05, 0) is 77.2 Å². The molecule has 0 fully saturated rings. The molecule has 0 aliphatic rings. The van der Waals surface area contributed by atoms with Gasteiger partial charge in [0, 0.05) is 18.3 Å². The molecule has 2 atom stereocenters. The third kappa shape index (κ3) is 10.2. The molecule has 5 nitrogen and oxygen atoms in total. The molecule has 4 rings (SSSR count). The summed E-state index contributed by atoms with van der Waals surface area (Å²) in [5.74, 6) is 4.94. The molecule has 0 spiro atoms. The van der Waals surface area contributed by atoms with Crippen molar-refractivity contribution in [1.29, 1.82) is 0 Å². The molecule has 4 aromatic carbocycles. The van der Waals surface area contributed by atoms with E-state index in [-0.39, 0.29) is 18.3 Å². The van der Waals surface area contributed by atoms with Gasteiger partial charge in [0.05, 0.1) is 10.5 Å². The molecule has 0 saturated carbocycles. The fourth-order valence-corrected chi connectivity index (χ4v) is 5.77. The van der Waals surface area contributed by atoms with Crippen molar-refractivity contribution < 1.29 is 23.1 Å². The fourth-order valence-electron chi connectivity index (χ4n) is 4.48. The van der Waals surface area contributed by atoms with Gasteiger partial charge >= 0.3 is 12.2 Å². The number of amides is 2. The summed E-state index contributed by atoms with van der Waals surface area (Å²) in [6.07, 6.45) is -1.80. The molecule has 2 unspecified atom stereocenters. The van der Waals surface area contributed by atoms with E-state index in [9.17, 15) is 23.1 Å². The van der Waals surface area contributed by atoms with Crippen molar-refractivity contribution >= 4 is 40.9 Å². The van der Waals surface area contributed by atoms with Crippen molar-refractivity contribution in [3.63, 3.8) is 0 Å². The van der Waals surface area contributed by atoms with Crippen molar-refractivity contribution in [3.05, 3.63) is 114 Å². The SMILES string of the molecule is C=S(NC(CC(C)C)c1ccccc1)c1cc(-c2cccc(NC(=O)NCc3ccc(C(F)(F)F)cc3)c2)ccc1O.CS. The van der Waals surface area contributed by atoms with Crippen LogP contribution in [0.2, 0.25) is 0 Å². The quantitative estimate of drug-likeness (QED) is 0.0885. The number of carbonyl (C=O) groups excluding carboxylic acids is 1. The average molecular weight is 642 g/mol. The Labute approximate surface area is 265 Å². The number of hydrogen-bond acceptors (Lipinski definition) is 4. The summed E-state index contributed by atoms with van der Waals surface area (Å²) in [5.41, 5.74) is 3.19. The number of benzene rings is 4. The first-order chi connectivity index (χ1) is 21.0. The van der Waals surface area contributed by atoms with E-state index < -0.39 is 28.4 Å². The van der Waals surface area contributed by atoms with E-state index in [2.05, 4.69) is 59.8 Å². The number of halogens is 3. The highest BCUT2D eigenvalue weighted by Gasteiger charge is 2.29. The Bertz CT molecular complexity index is 1530. The van der Waals surface area contributed by atoms with Gasteiger partial charge < -0.3 is 15.7 Å². The minimum atomic E-state index is -4.41. The number of nitrogens with one attached hydrogen (secondary N) is 3. The van der Waals surface area contributed by atoms with Gasteiger partial charge in [0.15, 0.2) is 0 Å². The number of carbonyl (C=O) groups is 1. The van der Waals surface area contributed by atoms with Crippen LogP contribution < -0.4 is 15.4 Å². The Hall–Kier alpha value is -3.73. The zero-order valence-corrected chi connectivity index (χ0v) is 26.6. The first kappa shape index (κ1) is 34.8. The molecule has 0 bridgehead atoms. The number of phenols is 1. The van der Waals surface area contributed by atoms with E-state index in [1.165, 1.54) is 17.7 Å². The van der Waals surface area contributed by atoms with Gasteiger partial charge in [0.2, 0.25) is 0 Å². The van der Waals surface area contributed by atoms with Crippen LogP contribution in [0.5, 0.6) is 5.75 Å². The standard InChI is InChI=1S/C33H34F3N3O2S.CH4S/c1-22(2)18-29(24-8-5-4-6-9-24)39-42(3)31-20-26(14-17-30(31)40)25-10-7-11-28(19-25)38-32(41)37-21-23-12-15-27(16-13-23)33(34,35)36;1-2/h4-17,19-20,22,29,39-40H,3,18,21H2,1-2H3,(H2,37,38,41);2H,1H3. The largest absolute Gasteiger partial charge is 0.507 e. The second-order valence-corrected chi connectivity index (χ2v) is 11.8. The molecule has 0 radical (unpaired) electrons. The summed E-state index contributed by atoms with van der Waals surface area (Å²) in [4.78, 5) is 13.2. The van der Waals surface area contributed by atoms with Crippen molar-refractivity contribution in [2.75, 3.05) is 11.6 Å². The van der Waals surface area contributed by atoms with Gasteiger partial charge in [-0.2, -0.15) is 25.8 Å². The highest BCUT2D eigenvalue weighted by Crippen LogP contribution is 2.38. The monoisotopic (exact) mass is 641 g/mol. The van der Waals surface area contributed by atoms with Crippen LogP contribution in [0.3, 0.4) is 0 Å². The second kappa shape index (κ2) is 16.4. The van der Waals surface area contributed by atoms with Gasteiger partial charge in [0.1, 0.15) is 5.75 Å². The van der Waals surface area contributed by atoms with Crippen LogP contribution in [0, 0.1) is 5.92 Å². The molecular weight excluding hydrogens is 604 g/mol. The lowest BCUT2D eigenvalue weighted by Gasteiger charge is -2.24. The Morgan fingerprint density at radius 1 is 0.909 bits per heavy atom. The number of rotatable bonds is 10. The van der Waals surface area contributed by atoms with E-state index in [4.69, 9.17) is 0 Å². The summed E-state index contributed by atoms with van der Waals surface area (Å²) in [7, 11) is -0.710. The number of aromatic hydroxyl groups is 1. The third-order valence-electron chi connectivity index (χ3n) is 6.61. The van der Waals surface area contributed by atoms with Crippen LogP contribution in [0.4, 0.5) is 23.7 Å². The minimum Gasteiger partial charge on any atom is -0.507 e. The number of urea groups is 1. The van der Waals surface area contributed by atoms with Gasteiger partial charge in [-0.1, -0.05) is 91.1 Å². The summed E-state index contributed by atoms with van der Waals surface area (Å²) < 4.78 is 41.9. The lowest BCUT2D eigenvalue weighted by atomic mass is 9.98. The normalized spacial score (nSPS) is 12.5. The van der Waals surface area contributed by atoms with E-state index in [0.717, 1.165) is 29.7 Å². The predicted octanol–water partition coefficient (Wildman–Crippen LogP) is 9.30. The topological polar surface area (TPSA) is 73.4 Å². The van der Waals surface area contributed by atoms with Gasteiger partial charge in [-0.25, -0.2) is 4.79 Å². The molecule has 0 saturated heterocycles. The van der Waals surface area contributed by atoms with Crippen LogP contribution in [0.1, 0.15) is 43.0 Å². The van der Waals surface area contributed by atoms with Crippen LogP contribution in [0.15, 0.2) is 102 Å². The highest BCUT2D eigenvalue weighted by molar-refractivity contribution is 8.12. The van der Waals surface area contributed by atoms with Gasteiger partial charge in [-0.15, -0.1) is 0 Å². The number of anilines is 1. The number of alkyl halides is 3. The second-order valence-electron chi connectivity index (χ2n) is 10.4. The molecule has 0 heterocycles. The molecule has 234 valence electrons. The number of hydrogen-bond donors (Lipinski definition) is 5. The maximum atomic E-state index is 12.8. The van der Waals surface area contributed by atoms with E-state index in [1.807, 2.05) is 48.5 Å². The summed E-state index contributed by atoms with van der Waals surface area (Å²) >= 11 is 3.53. The van der Waals surface area contributed by atoms with Crippen molar-refractivity contribution in [2.45, 2.75) is 43.9 Å². The lowest BCUT2D eigenvalue weighted by molar-refractivity contribution is -0.137. The maximum absolute atomic E-state index is 12.8. The molecule has 0 aliphatic carbocycles. The van der Waals surface area contributed by atoms with Crippen molar-refractivity contribution in [1.82, 2.24) is 10.0 Å². The maximum Gasteiger partial charge on any atom is 0.416 e. The van der Waals surface area contributed by atoms with Crippen LogP contribution in [-0.2, 0) is 12.7 Å². The molecule has 0 aliphatic heterocycles. The third-order valence-corrected chi connectivity index (χ3v) is 8.03. The smallest absolute Gasteiger partial charge is 0.416 e. The summed E-state index contributed by atoms with van der Waals surface area (Å²) in [5, 5.41) is 16.1. The summed E-state index contributed by atoms with van der Waals surface area (Å²) in [6, 6.07) is 27.1. The van der Waals surface area contributed by atoms with Crippen molar-refractivity contribution in [3.8, 4) is 16.9 Å². The van der Waals surface area contributed by atoms with Gasteiger partial charge in [0.25, 0.3) is 0 Å². The van der Waals surface area contributed by atoms with Gasteiger partial charge in [-0.3, -0.25) is 4.72 Å². The molecule has 4 N–H and O–H groups in total. The molecule has 0 aromatic heterocycles. The number of thiol groups is 1. The Morgan fingerprint density at radius 3 is 2.20 bits per heavy atom. The first-order valence-electron chi connectivity index (χ1n) is 13.9. The Morgan fingerprint density at radius 2 is 1.57 bits per heavy atom. The van der Waals surface area contributed by atoms with Crippen molar-refractivity contribution in [2.24, 2.45) is 5.92 Å². The van der Waals surface area contributed by atoms with Crippen LogP contribution in [-0.4, -0.2) is 23.3 Å². The molecule has 44 heavy (non-hydrogen) atoms. The predicted molar refractivity (Wildman–Crippen MR) is 181 cm³/mol. The highest BCUT2D eigenvalue weighted by atomic mass is 32.2. The van der Waals surface area contributed by atoms with E-state index in [0.29, 0.717) is 22.1 Å². The Balaban J connectivity index is 0.00000259.